The molecule has 0 saturated carbocycles. The van der Waals surface area contributed by atoms with Crippen LogP contribution in [0.5, 0.6) is 0 Å². The van der Waals surface area contributed by atoms with Gasteiger partial charge in [0.25, 0.3) is 0 Å². The van der Waals surface area contributed by atoms with Gasteiger partial charge in [0.2, 0.25) is 19.4 Å². The van der Waals surface area contributed by atoms with Gasteiger partial charge in [0, 0.05) is 11.5 Å². The lowest BCUT2D eigenvalue weighted by molar-refractivity contribution is 0.672. The molecule has 11 heteroatoms. The van der Waals surface area contributed by atoms with E-state index in [0.717, 1.165) is 4.34 Å². The van der Waals surface area contributed by atoms with Crippen LogP contribution >= 0.6 is 66.3 Å². The number of aromatic nitrogens is 2. The zero-order valence-electron chi connectivity index (χ0n) is 7.46. The highest BCUT2D eigenvalue weighted by Gasteiger charge is 2.42. The Labute approximate surface area is 123 Å². The summed E-state index contributed by atoms with van der Waals surface area (Å²) < 4.78 is 16.9. The van der Waals surface area contributed by atoms with Crippen LogP contribution in [-0.2, 0) is 9.33 Å². The molecule has 0 spiro atoms. The number of halogens is 2. The van der Waals surface area contributed by atoms with Crippen LogP contribution in [0.15, 0.2) is 15.7 Å². The van der Waals surface area contributed by atoms with Gasteiger partial charge < -0.3 is 4.55 Å². The highest BCUT2D eigenvalue weighted by molar-refractivity contribution is 9.48. The van der Waals surface area contributed by atoms with Crippen LogP contribution in [0.4, 0.5) is 0 Å². The second-order valence-electron chi connectivity index (χ2n) is 2.61. The van der Waals surface area contributed by atoms with Crippen molar-refractivity contribution < 1.29 is 4.55 Å². The van der Waals surface area contributed by atoms with Crippen molar-refractivity contribution >= 4 is 80.0 Å². The van der Waals surface area contributed by atoms with Gasteiger partial charge in [-0.15, -0.1) is 0 Å². The zero-order valence-corrected chi connectivity index (χ0v) is 13.9. The number of nitrogens with one attached hydrogen (secondary N) is 1. The van der Waals surface area contributed by atoms with Crippen molar-refractivity contribution in [2.24, 2.45) is 4.99 Å². The molecule has 2 atom stereocenters. The minimum absolute atomic E-state index is 0.212. The summed E-state index contributed by atoms with van der Waals surface area (Å²) in [6.07, 6.45) is 1.54. The lowest BCUT2D eigenvalue weighted by Gasteiger charge is -2.13. The minimum Gasteiger partial charge on any atom is -0.324 e. The lowest BCUT2D eigenvalue weighted by Crippen LogP contribution is -2.35. The van der Waals surface area contributed by atoms with Crippen molar-refractivity contribution in [2.45, 2.75) is 8.91 Å². The van der Waals surface area contributed by atoms with Crippen molar-refractivity contribution in [3.63, 3.8) is 0 Å². The zero-order chi connectivity index (χ0) is 11.6. The summed E-state index contributed by atoms with van der Waals surface area (Å²) >= 11 is 10.4. The molecule has 0 radical (unpaired) electrons. The van der Waals surface area contributed by atoms with Gasteiger partial charge in [-0.1, -0.05) is 0 Å². The van der Waals surface area contributed by atoms with E-state index in [2.05, 4.69) is 49.8 Å². The number of alkyl halides is 1. The smallest absolute Gasteiger partial charge is 0.324 e. The highest BCUT2D eigenvalue weighted by Crippen LogP contribution is 2.36. The Bertz CT molecular complexity index is 390. The van der Waals surface area contributed by atoms with Crippen LogP contribution in [0.1, 0.15) is 0 Å². The molecule has 16 heavy (non-hydrogen) atoms. The average molecular weight is 425 g/mol. The van der Waals surface area contributed by atoms with Gasteiger partial charge in [0.1, 0.15) is 15.7 Å². The first-order valence-electron chi connectivity index (χ1n) is 3.81. The fourth-order valence-corrected chi connectivity index (χ4v) is 7.73. The predicted octanol–water partition coefficient (Wildman–Crippen LogP) is 2.69. The van der Waals surface area contributed by atoms with E-state index in [0.29, 0.717) is 22.2 Å². The van der Waals surface area contributed by atoms with Crippen molar-refractivity contribution in [2.75, 3.05) is 5.75 Å². The molecule has 1 aliphatic heterocycles. The summed E-state index contributed by atoms with van der Waals surface area (Å²) in [6.45, 7) is 0. The van der Waals surface area contributed by atoms with E-state index in [9.17, 15) is 0 Å². The van der Waals surface area contributed by atoms with Crippen molar-refractivity contribution in [1.82, 2.24) is 14.1 Å². The summed E-state index contributed by atoms with van der Waals surface area (Å²) in [6, 6.07) is 0. The molecule has 1 aromatic rings. The first kappa shape index (κ1) is 13.6. The summed E-state index contributed by atoms with van der Waals surface area (Å²) in [5.74, 6) is 0.694. The van der Waals surface area contributed by atoms with Gasteiger partial charge in [-0.3, -0.25) is 0 Å². The molecule has 2 rings (SSSR count). The van der Waals surface area contributed by atoms with E-state index in [1.165, 1.54) is 29.8 Å². The number of nitrogens with zero attached hydrogens (tertiary/aromatic N) is 3. The molecule has 2 heterocycles. The third-order valence-corrected chi connectivity index (χ3v) is 8.90. The van der Waals surface area contributed by atoms with Crippen LogP contribution in [0, 0.1) is 0 Å². The van der Waals surface area contributed by atoms with Gasteiger partial charge in [-0.2, -0.15) is 9.36 Å². The molecular formula is C5H5Br2N4OS4+. The molecule has 0 saturated heterocycles. The molecule has 0 aliphatic carbocycles. The maximum absolute atomic E-state index is 8.89. The molecule has 0 amide bonds. The number of rotatable bonds is 3. The Kier molecular flexibility index (Phi) is 4.98. The van der Waals surface area contributed by atoms with Gasteiger partial charge in [-0.05, 0) is 27.9 Å². The Morgan fingerprint density at radius 1 is 1.69 bits per heavy atom. The van der Waals surface area contributed by atoms with Crippen LogP contribution < -0.4 is 4.72 Å². The van der Waals surface area contributed by atoms with E-state index in [-0.39, 0.29) is 9.33 Å². The van der Waals surface area contributed by atoms with E-state index >= 15 is 0 Å². The molecule has 1 unspecified atom stereocenters. The minimum atomic E-state index is -0.555. The Morgan fingerprint density at radius 3 is 3.06 bits per heavy atom. The van der Waals surface area contributed by atoms with E-state index in [1.807, 2.05) is 0 Å². The topological polar surface area (TPSA) is 70.4 Å². The standard InChI is InChI=1S/C5H4Br2N4OS4/c6-5(10-3(15-12)13-11-5)1-16(7)4-8-2-9-14-4/h2,11H,1H2/p+1/t5-,16?/m1/s1. The third-order valence-electron chi connectivity index (χ3n) is 1.49. The monoisotopic (exact) mass is 423 g/mol. The molecule has 1 aliphatic rings. The third kappa shape index (κ3) is 3.34. The van der Waals surface area contributed by atoms with Crippen LogP contribution in [-0.4, -0.2) is 28.6 Å². The molecule has 1 aromatic heterocycles. The van der Waals surface area contributed by atoms with E-state index < -0.39 is 4.57 Å². The molecule has 0 fully saturated rings. The Morgan fingerprint density at radius 2 is 2.50 bits per heavy atom. The molecule has 2 N–H and O–H groups in total. The number of hydrogen-bond donors (Lipinski definition) is 2. The highest BCUT2D eigenvalue weighted by atomic mass is 79.9. The Hall–Kier alpha value is 1.16. The normalized spacial score (nSPS) is 26.8. The van der Waals surface area contributed by atoms with Crippen molar-refractivity contribution in [3.8, 4) is 0 Å². The predicted molar refractivity (Wildman–Crippen MR) is 79.4 cm³/mol. The Balaban J connectivity index is 2.02. The van der Waals surface area contributed by atoms with E-state index in [4.69, 9.17) is 4.55 Å². The van der Waals surface area contributed by atoms with Gasteiger partial charge in [-0.25, -0.2) is 9.71 Å². The van der Waals surface area contributed by atoms with Crippen molar-refractivity contribution in [3.05, 3.63) is 6.33 Å². The quantitative estimate of drug-likeness (QED) is 0.255. The van der Waals surface area contributed by atoms with Crippen LogP contribution in [0.25, 0.3) is 0 Å². The summed E-state index contributed by atoms with van der Waals surface area (Å²) in [4.78, 5) is 8.46. The molecule has 0 bridgehead atoms. The largest absolute Gasteiger partial charge is 0.335 e. The van der Waals surface area contributed by atoms with E-state index in [1.54, 1.807) is 0 Å². The van der Waals surface area contributed by atoms with Crippen molar-refractivity contribution in [1.29, 1.82) is 0 Å². The summed E-state index contributed by atoms with van der Waals surface area (Å²) in [5.41, 5.74) is 0. The summed E-state index contributed by atoms with van der Waals surface area (Å²) in [7, 11) is -0.212. The SMILES string of the molecule is OSC1=N[C@](Br)(C[S+](Br)c2ncns2)NS1. The average Bonchev–Trinajstić information content (AvgIpc) is 2.86. The maximum Gasteiger partial charge on any atom is 0.335 e. The molecule has 88 valence electrons. The first-order chi connectivity index (χ1) is 7.63. The van der Waals surface area contributed by atoms with Crippen LogP contribution in [0.3, 0.4) is 0 Å². The second kappa shape index (κ2) is 5.87. The van der Waals surface area contributed by atoms with Gasteiger partial charge in [0.15, 0.2) is 10.1 Å². The van der Waals surface area contributed by atoms with Gasteiger partial charge in [0.05, 0.1) is 12.0 Å². The molecular weight excluding hydrogens is 420 g/mol. The molecule has 0 aromatic carbocycles. The number of hydrogen-bond acceptors (Lipinski definition) is 8. The van der Waals surface area contributed by atoms with Gasteiger partial charge >= 0.3 is 4.34 Å². The summed E-state index contributed by atoms with van der Waals surface area (Å²) in [5, 5.41) is 0. The fourth-order valence-electron chi connectivity index (χ4n) is 0.903. The second-order valence-corrected chi connectivity index (χ2v) is 10.3. The maximum atomic E-state index is 8.89. The van der Waals surface area contributed by atoms with Crippen LogP contribution in [0.2, 0.25) is 0 Å². The lowest BCUT2D eigenvalue weighted by atomic mass is 10.6. The number of aliphatic imine (C=N–C) groups is 1. The molecule has 5 nitrogen and oxygen atoms in total. The fraction of sp³-hybridized carbons (Fsp3) is 0.400. The first-order valence-corrected chi connectivity index (χ1v) is 10.2.